The number of halogens is 2. The van der Waals surface area contributed by atoms with Gasteiger partial charge in [-0.1, -0.05) is 81.4 Å². The lowest BCUT2D eigenvalue weighted by molar-refractivity contribution is 0.276. The largest absolute Gasteiger partial charge is 0.496 e. The molecule has 2 aromatic carbocycles. The first-order valence-corrected chi connectivity index (χ1v) is 11.0. The predicted octanol–water partition coefficient (Wildman–Crippen LogP) is 8.07. The second-order valence-corrected chi connectivity index (χ2v) is 8.95. The molecule has 1 unspecified atom stereocenters. The van der Waals surface area contributed by atoms with Crippen LogP contribution in [0.5, 0.6) is 11.5 Å². The van der Waals surface area contributed by atoms with E-state index in [9.17, 15) is 0 Å². The van der Waals surface area contributed by atoms with Crippen molar-refractivity contribution < 1.29 is 9.47 Å². The quantitative estimate of drug-likeness (QED) is 0.340. The van der Waals surface area contributed by atoms with Gasteiger partial charge >= 0.3 is 0 Å². The molecule has 0 heterocycles. The minimum absolute atomic E-state index is 0.633. The highest BCUT2D eigenvalue weighted by Gasteiger charge is 2.12. The zero-order valence-electron chi connectivity index (χ0n) is 17.4. The van der Waals surface area contributed by atoms with Crippen molar-refractivity contribution in [3.8, 4) is 22.6 Å². The number of ether oxygens (including phenoxy) is 2. The first-order chi connectivity index (χ1) is 13.4. The van der Waals surface area contributed by atoms with Crippen molar-refractivity contribution in [2.75, 3.05) is 13.7 Å². The van der Waals surface area contributed by atoms with Gasteiger partial charge in [0.05, 0.1) is 13.7 Å². The molecular weight excluding hydrogens is 391 g/mol. The van der Waals surface area contributed by atoms with E-state index >= 15 is 0 Å². The van der Waals surface area contributed by atoms with Crippen molar-refractivity contribution >= 4 is 23.2 Å². The van der Waals surface area contributed by atoms with Gasteiger partial charge in [0.1, 0.15) is 16.3 Å². The van der Waals surface area contributed by atoms with Crippen molar-refractivity contribution in [3.63, 3.8) is 0 Å². The van der Waals surface area contributed by atoms with Crippen molar-refractivity contribution in [3.05, 3.63) is 48.0 Å². The van der Waals surface area contributed by atoms with Crippen LogP contribution in [0, 0.1) is 11.8 Å². The maximum absolute atomic E-state index is 6.09. The summed E-state index contributed by atoms with van der Waals surface area (Å²) in [5.74, 6) is 3.06. The van der Waals surface area contributed by atoms with Crippen LogP contribution in [0.3, 0.4) is 0 Å². The summed E-state index contributed by atoms with van der Waals surface area (Å²) in [4.78, 5) is -0.633. The number of benzene rings is 2. The van der Waals surface area contributed by atoms with Crippen LogP contribution in [0.15, 0.2) is 42.5 Å². The molecule has 4 heteroatoms. The molecule has 0 aliphatic heterocycles. The molecular formula is C24H32Cl2O2. The minimum Gasteiger partial charge on any atom is -0.496 e. The molecule has 0 bridgehead atoms. The third-order valence-corrected chi connectivity index (χ3v) is 5.46. The van der Waals surface area contributed by atoms with Crippen LogP contribution in [0.25, 0.3) is 11.1 Å². The van der Waals surface area contributed by atoms with Gasteiger partial charge in [0.2, 0.25) is 0 Å². The van der Waals surface area contributed by atoms with Crippen LogP contribution in [-0.4, -0.2) is 13.7 Å². The van der Waals surface area contributed by atoms with Gasteiger partial charge < -0.3 is 9.47 Å². The Bertz CT molecular complexity index is 728. The molecule has 28 heavy (non-hydrogen) atoms. The lowest BCUT2D eigenvalue weighted by Gasteiger charge is -2.14. The second-order valence-electron chi connectivity index (χ2n) is 7.85. The average molecular weight is 423 g/mol. The number of rotatable bonds is 11. The maximum atomic E-state index is 6.09. The van der Waals surface area contributed by atoms with E-state index < -0.39 is 4.84 Å². The van der Waals surface area contributed by atoms with E-state index in [1.165, 1.54) is 19.3 Å². The Hall–Kier alpha value is -1.38. The SMILES string of the molecule is COc1ccc(-c2cccc(OCCC(C)CCCC(C)C)c2)cc1C(Cl)Cl. The van der Waals surface area contributed by atoms with Gasteiger partial charge in [-0.05, 0) is 53.6 Å². The van der Waals surface area contributed by atoms with E-state index in [2.05, 4.69) is 32.9 Å². The molecule has 1 atom stereocenters. The molecule has 0 spiro atoms. The lowest BCUT2D eigenvalue weighted by atomic mass is 9.98. The Labute approximate surface area is 180 Å². The molecule has 2 rings (SSSR count). The van der Waals surface area contributed by atoms with Gasteiger partial charge in [-0.15, -0.1) is 0 Å². The molecule has 0 amide bonds. The molecule has 154 valence electrons. The Kier molecular flexibility index (Phi) is 9.47. The topological polar surface area (TPSA) is 18.5 Å². The Morgan fingerprint density at radius 3 is 2.32 bits per heavy atom. The lowest BCUT2D eigenvalue weighted by Crippen LogP contribution is -2.05. The summed E-state index contributed by atoms with van der Waals surface area (Å²) >= 11 is 12.2. The van der Waals surface area contributed by atoms with Crippen LogP contribution < -0.4 is 9.47 Å². The van der Waals surface area contributed by atoms with Crippen LogP contribution in [0.1, 0.15) is 56.9 Å². The molecule has 0 aliphatic rings. The van der Waals surface area contributed by atoms with Gasteiger partial charge in [-0.2, -0.15) is 0 Å². The van der Waals surface area contributed by atoms with Gasteiger partial charge in [0, 0.05) is 5.56 Å². The fraction of sp³-hybridized carbons (Fsp3) is 0.500. The monoisotopic (exact) mass is 422 g/mol. The van der Waals surface area contributed by atoms with Crippen molar-refractivity contribution in [2.24, 2.45) is 11.8 Å². The summed E-state index contributed by atoms with van der Waals surface area (Å²) in [5.41, 5.74) is 2.87. The maximum Gasteiger partial charge on any atom is 0.136 e. The van der Waals surface area contributed by atoms with E-state index in [1.54, 1.807) is 7.11 Å². The van der Waals surface area contributed by atoms with Crippen LogP contribution in [0.2, 0.25) is 0 Å². The molecule has 0 radical (unpaired) electrons. The van der Waals surface area contributed by atoms with E-state index in [0.29, 0.717) is 11.7 Å². The molecule has 0 N–H and O–H groups in total. The Morgan fingerprint density at radius 1 is 0.893 bits per heavy atom. The van der Waals surface area contributed by atoms with Gasteiger partial charge in [0.25, 0.3) is 0 Å². The summed E-state index contributed by atoms with van der Waals surface area (Å²) in [6.45, 7) is 7.62. The second kappa shape index (κ2) is 11.6. The number of alkyl halides is 2. The van der Waals surface area contributed by atoms with E-state index in [-0.39, 0.29) is 0 Å². The third-order valence-electron chi connectivity index (χ3n) is 4.99. The zero-order valence-corrected chi connectivity index (χ0v) is 18.9. The van der Waals surface area contributed by atoms with Crippen molar-refractivity contribution in [2.45, 2.75) is 51.3 Å². The molecule has 2 aromatic rings. The van der Waals surface area contributed by atoms with Crippen LogP contribution >= 0.6 is 23.2 Å². The minimum atomic E-state index is -0.633. The summed E-state index contributed by atoms with van der Waals surface area (Å²) < 4.78 is 11.4. The summed E-state index contributed by atoms with van der Waals surface area (Å²) in [6.07, 6.45) is 4.96. The molecule has 0 aromatic heterocycles. The highest BCUT2D eigenvalue weighted by Crippen LogP contribution is 2.36. The highest BCUT2D eigenvalue weighted by molar-refractivity contribution is 6.44. The van der Waals surface area contributed by atoms with Crippen LogP contribution in [0.4, 0.5) is 0 Å². The third kappa shape index (κ3) is 7.22. The van der Waals surface area contributed by atoms with E-state index in [4.69, 9.17) is 32.7 Å². The average Bonchev–Trinajstić information content (AvgIpc) is 2.67. The van der Waals surface area contributed by atoms with E-state index in [1.807, 2.05) is 30.3 Å². The first-order valence-electron chi connectivity index (χ1n) is 10.1. The fourth-order valence-electron chi connectivity index (χ4n) is 3.25. The summed E-state index contributed by atoms with van der Waals surface area (Å²) in [7, 11) is 1.62. The standard InChI is InChI=1S/C24H32Cl2O2/c1-17(2)7-5-8-18(3)13-14-28-21-10-6-9-19(15-21)20-11-12-23(27-4)22(16-20)24(25)26/h6,9-12,15-18,24H,5,7-8,13-14H2,1-4H3. The fourth-order valence-corrected chi connectivity index (χ4v) is 3.59. The van der Waals surface area contributed by atoms with Crippen molar-refractivity contribution in [1.29, 1.82) is 0 Å². The normalized spacial score (nSPS) is 12.4. The van der Waals surface area contributed by atoms with Crippen molar-refractivity contribution in [1.82, 2.24) is 0 Å². The molecule has 2 nitrogen and oxygen atoms in total. The summed E-state index contributed by atoms with van der Waals surface area (Å²) in [6, 6.07) is 14.0. The first kappa shape index (κ1) is 22.9. The molecule has 0 saturated carbocycles. The Balaban J connectivity index is 1.96. The van der Waals surface area contributed by atoms with Gasteiger partial charge in [-0.25, -0.2) is 0 Å². The van der Waals surface area contributed by atoms with Gasteiger partial charge in [0.15, 0.2) is 0 Å². The predicted molar refractivity (Wildman–Crippen MR) is 121 cm³/mol. The Morgan fingerprint density at radius 2 is 1.64 bits per heavy atom. The number of hydrogen-bond acceptors (Lipinski definition) is 2. The molecule has 0 fully saturated rings. The summed E-state index contributed by atoms with van der Waals surface area (Å²) in [5, 5.41) is 0. The van der Waals surface area contributed by atoms with E-state index in [0.717, 1.165) is 41.4 Å². The van der Waals surface area contributed by atoms with Gasteiger partial charge in [-0.3, -0.25) is 0 Å². The highest BCUT2D eigenvalue weighted by atomic mass is 35.5. The molecule has 0 saturated heterocycles. The number of methoxy groups -OCH3 is 1. The van der Waals surface area contributed by atoms with Crippen LogP contribution in [-0.2, 0) is 0 Å². The smallest absolute Gasteiger partial charge is 0.136 e. The number of hydrogen-bond donors (Lipinski definition) is 0. The zero-order chi connectivity index (χ0) is 20.5. The molecule has 0 aliphatic carbocycles.